The van der Waals surface area contributed by atoms with Gasteiger partial charge in [0.1, 0.15) is 19.2 Å². The van der Waals surface area contributed by atoms with Gasteiger partial charge in [-0.05, 0) is 35.8 Å². The molecule has 2 N–H and O–H groups in total. The summed E-state index contributed by atoms with van der Waals surface area (Å²) in [6.07, 6.45) is -1.36. The second-order valence-corrected chi connectivity index (χ2v) is 9.33. The number of pyridine rings is 1. The van der Waals surface area contributed by atoms with Crippen LogP contribution in [0.5, 0.6) is 0 Å². The van der Waals surface area contributed by atoms with E-state index >= 15 is 0 Å². The van der Waals surface area contributed by atoms with Gasteiger partial charge >= 0.3 is 12.3 Å². The van der Waals surface area contributed by atoms with Crippen molar-refractivity contribution in [1.82, 2.24) is 25.4 Å². The van der Waals surface area contributed by atoms with E-state index in [-0.39, 0.29) is 44.1 Å². The number of hydrogen-bond acceptors (Lipinski definition) is 7. The Morgan fingerprint density at radius 3 is 2.53 bits per heavy atom. The fourth-order valence-electron chi connectivity index (χ4n) is 3.44. The molecule has 0 aliphatic carbocycles. The van der Waals surface area contributed by atoms with Crippen LogP contribution in [0.4, 0.5) is 18.0 Å². The third kappa shape index (κ3) is 8.01. The van der Waals surface area contributed by atoms with E-state index in [2.05, 4.69) is 32.8 Å². The number of rotatable bonds is 9. The number of carbonyl (C=O) groups excluding carboxylic acids is 4. The molecule has 36 heavy (non-hydrogen) atoms. The minimum Gasteiger partial charge on any atom is -0.445 e. The predicted molar refractivity (Wildman–Crippen MR) is 126 cm³/mol. The fraction of sp³-hybridized carbons (Fsp3) is 0.500. The molecule has 0 spiro atoms. The molecule has 14 heteroatoms. The van der Waals surface area contributed by atoms with Gasteiger partial charge in [0.25, 0.3) is 0 Å². The highest BCUT2D eigenvalue weighted by atomic mass is 79.9. The number of halogens is 4. The van der Waals surface area contributed by atoms with Gasteiger partial charge in [0.05, 0.1) is 12.1 Å². The Hall–Kier alpha value is -3.00. The summed E-state index contributed by atoms with van der Waals surface area (Å²) < 4.78 is 43.5. The Labute approximate surface area is 214 Å². The molecule has 1 aliphatic heterocycles. The molecule has 1 fully saturated rings. The van der Waals surface area contributed by atoms with E-state index in [0.717, 1.165) is 4.90 Å². The van der Waals surface area contributed by atoms with E-state index < -0.39 is 42.2 Å². The molecule has 0 aromatic carbocycles. The van der Waals surface area contributed by atoms with Gasteiger partial charge in [0.2, 0.25) is 11.8 Å². The van der Waals surface area contributed by atoms with Crippen LogP contribution in [0.2, 0.25) is 0 Å². The first-order chi connectivity index (χ1) is 16.8. The van der Waals surface area contributed by atoms with Crippen LogP contribution in [0.1, 0.15) is 24.2 Å². The number of carbonyl (C=O) groups is 4. The van der Waals surface area contributed by atoms with Gasteiger partial charge in [-0.2, -0.15) is 13.2 Å². The van der Waals surface area contributed by atoms with Crippen molar-refractivity contribution in [2.75, 3.05) is 39.3 Å². The number of alkyl halides is 3. The zero-order valence-corrected chi connectivity index (χ0v) is 21.3. The Kier molecular flexibility index (Phi) is 9.99. The van der Waals surface area contributed by atoms with Gasteiger partial charge < -0.3 is 15.4 Å². The molecule has 1 aromatic heterocycles. The smallest absolute Gasteiger partial charge is 0.410 e. The zero-order chi connectivity index (χ0) is 27.1. The highest BCUT2D eigenvalue weighted by molar-refractivity contribution is 9.10. The van der Waals surface area contributed by atoms with Crippen molar-refractivity contribution in [2.24, 2.45) is 0 Å². The Bertz CT molecular complexity index is 1000. The van der Waals surface area contributed by atoms with Crippen LogP contribution in [0.25, 0.3) is 0 Å². The summed E-state index contributed by atoms with van der Waals surface area (Å²) in [5.41, 5.74) is -0.981. The van der Waals surface area contributed by atoms with Gasteiger partial charge in [-0.15, -0.1) is 0 Å². The monoisotopic (exact) mass is 577 g/mol. The molecular formula is C22H27BrF3N5O5. The topological polar surface area (TPSA) is 121 Å². The molecule has 1 saturated heterocycles. The summed E-state index contributed by atoms with van der Waals surface area (Å²) in [6.45, 7) is 4.27. The van der Waals surface area contributed by atoms with Crippen LogP contribution in [0.15, 0.2) is 35.6 Å². The Balaban J connectivity index is 2.12. The second kappa shape index (κ2) is 12.3. The number of ether oxygens (including phenoxy) is 1. The lowest BCUT2D eigenvalue weighted by atomic mass is 9.97. The average molecular weight is 578 g/mol. The molecule has 0 unspecified atom stereocenters. The summed E-state index contributed by atoms with van der Waals surface area (Å²) in [6, 6.07) is 0.210. The first-order valence-corrected chi connectivity index (χ1v) is 11.6. The van der Waals surface area contributed by atoms with Crippen molar-refractivity contribution in [3.63, 3.8) is 0 Å². The normalized spacial score (nSPS) is 16.7. The number of amides is 3. The number of ketones is 1. The summed E-state index contributed by atoms with van der Waals surface area (Å²) in [4.78, 5) is 56.9. The predicted octanol–water partition coefficient (Wildman–Crippen LogP) is 1.91. The number of aromatic nitrogens is 1. The molecule has 2 heterocycles. The SMILES string of the molecule is C=CCOC(=O)N1CCN(C(C)(C)C(=O)NCC(=O)c2cncc(Br)c2)C[C@H]1C(=O)NCC(F)(F)F. The second-order valence-electron chi connectivity index (χ2n) is 8.41. The molecule has 1 aromatic rings. The summed E-state index contributed by atoms with van der Waals surface area (Å²) in [7, 11) is 0. The minimum absolute atomic E-state index is 0.0839. The van der Waals surface area contributed by atoms with Gasteiger partial charge in [-0.1, -0.05) is 12.7 Å². The van der Waals surface area contributed by atoms with Crippen LogP contribution in [0.3, 0.4) is 0 Å². The van der Waals surface area contributed by atoms with Crippen LogP contribution < -0.4 is 10.6 Å². The minimum atomic E-state index is -4.65. The van der Waals surface area contributed by atoms with Crippen LogP contribution in [0, 0.1) is 0 Å². The maximum absolute atomic E-state index is 13.0. The van der Waals surface area contributed by atoms with Gasteiger partial charge in [-0.25, -0.2) is 4.79 Å². The molecule has 10 nitrogen and oxygen atoms in total. The Morgan fingerprint density at radius 2 is 1.92 bits per heavy atom. The largest absolute Gasteiger partial charge is 0.445 e. The molecule has 198 valence electrons. The summed E-state index contributed by atoms with van der Waals surface area (Å²) >= 11 is 3.22. The molecule has 2 rings (SSSR count). The van der Waals surface area contributed by atoms with E-state index in [1.165, 1.54) is 18.5 Å². The lowest BCUT2D eigenvalue weighted by Crippen LogP contribution is -2.67. The Morgan fingerprint density at radius 1 is 1.22 bits per heavy atom. The number of hydrogen-bond donors (Lipinski definition) is 2. The standard InChI is InChI=1S/C22H27BrF3N5O5/c1-4-7-36-20(35)31-6-5-30(12-16(31)18(33)29-13-22(24,25)26)21(2,3)19(34)28-11-17(32)14-8-15(23)10-27-9-14/h4,8-10,16H,1,5-7,11-13H2,2-3H3,(H,28,34)(H,29,33)/t16-/m0/s1. The van der Waals surface area contributed by atoms with Crippen molar-refractivity contribution in [2.45, 2.75) is 31.6 Å². The number of piperazine rings is 1. The maximum atomic E-state index is 13.0. The van der Waals surface area contributed by atoms with E-state index in [0.29, 0.717) is 4.47 Å². The third-order valence-electron chi connectivity index (χ3n) is 5.49. The van der Waals surface area contributed by atoms with Crippen molar-refractivity contribution in [3.05, 3.63) is 41.2 Å². The van der Waals surface area contributed by atoms with Crippen molar-refractivity contribution in [1.29, 1.82) is 0 Å². The number of nitrogens with zero attached hydrogens (tertiary/aromatic N) is 3. The summed E-state index contributed by atoms with van der Waals surface area (Å²) in [5, 5.41) is 4.33. The zero-order valence-electron chi connectivity index (χ0n) is 19.7. The summed E-state index contributed by atoms with van der Waals surface area (Å²) in [5.74, 6) is -1.97. The van der Waals surface area contributed by atoms with Crippen LogP contribution in [-0.4, -0.2) is 95.6 Å². The van der Waals surface area contributed by atoms with Crippen LogP contribution >= 0.6 is 15.9 Å². The number of nitrogens with one attached hydrogen (secondary N) is 2. The number of Topliss-reactive ketones (excluding diaryl/α,β-unsaturated/α-hetero) is 1. The molecular weight excluding hydrogens is 551 g/mol. The quantitative estimate of drug-likeness (QED) is 0.339. The molecule has 0 saturated carbocycles. The first-order valence-electron chi connectivity index (χ1n) is 10.8. The molecule has 3 amide bonds. The van der Waals surface area contributed by atoms with E-state index in [9.17, 15) is 32.3 Å². The van der Waals surface area contributed by atoms with Gasteiger partial charge in [0, 0.05) is 42.1 Å². The van der Waals surface area contributed by atoms with Crippen molar-refractivity contribution in [3.8, 4) is 0 Å². The highest BCUT2D eigenvalue weighted by Gasteiger charge is 2.44. The van der Waals surface area contributed by atoms with E-state index in [1.54, 1.807) is 30.1 Å². The average Bonchev–Trinajstić information content (AvgIpc) is 2.83. The third-order valence-corrected chi connectivity index (χ3v) is 5.92. The van der Waals surface area contributed by atoms with E-state index in [1.807, 2.05) is 0 Å². The maximum Gasteiger partial charge on any atom is 0.410 e. The highest BCUT2D eigenvalue weighted by Crippen LogP contribution is 2.22. The fourth-order valence-corrected chi connectivity index (χ4v) is 3.80. The molecule has 1 atom stereocenters. The van der Waals surface area contributed by atoms with Crippen molar-refractivity contribution < 1.29 is 37.1 Å². The van der Waals surface area contributed by atoms with E-state index in [4.69, 9.17) is 4.74 Å². The molecule has 0 bridgehead atoms. The molecule has 0 radical (unpaired) electrons. The van der Waals surface area contributed by atoms with Crippen LogP contribution in [-0.2, 0) is 14.3 Å². The molecule has 1 aliphatic rings. The first kappa shape index (κ1) is 29.2. The van der Waals surface area contributed by atoms with Gasteiger partial charge in [0.15, 0.2) is 5.78 Å². The van der Waals surface area contributed by atoms with Crippen molar-refractivity contribution >= 4 is 39.6 Å². The lowest BCUT2D eigenvalue weighted by molar-refractivity contribution is -0.145. The van der Waals surface area contributed by atoms with Gasteiger partial charge in [-0.3, -0.25) is 29.2 Å². The lowest BCUT2D eigenvalue weighted by Gasteiger charge is -2.45.